The van der Waals surface area contributed by atoms with Crippen molar-refractivity contribution in [3.05, 3.63) is 102 Å². The van der Waals surface area contributed by atoms with Gasteiger partial charge >= 0.3 is 6.18 Å². The van der Waals surface area contributed by atoms with Crippen LogP contribution >= 0.6 is 0 Å². The first kappa shape index (κ1) is 20.0. The van der Waals surface area contributed by atoms with E-state index in [1.54, 1.807) is 4.90 Å². The zero-order valence-electron chi connectivity index (χ0n) is 16.8. The highest BCUT2D eigenvalue weighted by molar-refractivity contribution is 5.92. The van der Waals surface area contributed by atoms with Gasteiger partial charge in [0.25, 0.3) is 5.91 Å². The summed E-state index contributed by atoms with van der Waals surface area (Å²) in [4.78, 5) is 15.1. The number of carbonyl (C=O) groups is 1. The van der Waals surface area contributed by atoms with E-state index < -0.39 is 11.7 Å². The molecule has 0 fully saturated rings. The van der Waals surface area contributed by atoms with E-state index in [1.165, 1.54) is 24.4 Å². The Morgan fingerprint density at radius 3 is 2.47 bits per heavy atom. The zero-order valence-corrected chi connectivity index (χ0v) is 16.8. The highest BCUT2D eigenvalue weighted by Gasteiger charge is 2.36. The molecule has 9 heteroatoms. The van der Waals surface area contributed by atoms with Crippen molar-refractivity contribution < 1.29 is 18.0 Å². The number of halogens is 3. The fourth-order valence-electron chi connectivity index (χ4n) is 4.13. The number of hydrogen-bond donors (Lipinski definition) is 0. The van der Waals surface area contributed by atoms with Crippen LogP contribution in [0.2, 0.25) is 0 Å². The Kier molecular flexibility index (Phi) is 4.80. The van der Waals surface area contributed by atoms with Crippen LogP contribution in [0.1, 0.15) is 33.4 Å². The summed E-state index contributed by atoms with van der Waals surface area (Å²) >= 11 is 0. The SMILES string of the molecule is O=C(c1cn(-c2ccccc2C(F)(F)F)nn1)N1CCn2cccc2C1c1ccccc1. The summed E-state index contributed by atoms with van der Waals surface area (Å²) in [6.07, 6.45) is -1.33. The second kappa shape index (κ2) is 7.67. The molecule has 2 aromatic heterocycles. The van der Waals surface area contributed by atoms with Gasteiger partial charge in [0.2, 0.25) is 0 Å². The summed E-state index contributed by atoms with van der Waals surface area (Å²) in [7, 11) is 0. The van der Waals surface area contributed by atoms with Gasteiger partial charge in [0.1, 0.15) is 0 Å². The Labute approximate surface area is 181 Å². The number of benzene rings is 2. The van der Waals surface area contributed by atoms with Gasteiger partial charge in [-0.05, 0) is 29.8 Å². The highest BCUT2D eigenvalue weighted by Crippen LogP contribution is 2.35. The van der Waals surface area contributed by atoms with E-state index in [-0.39, 0.29) is 23.3 Å². The van der Waals surface area contributed by atoms with Crippen LogP contribution in [-0.2, 0) is 12.7 Å². The van der Waals surface area contributed by atoms with Crippen LogP contribution in [0.5, 0.6) is 0 Å². The first-order chi connectivity index (χ1) is 15.4. The Bertz CT molecular complexity index is 1260. The molecule has 0 radical (unpaired) electrons. The monoisotopic (exact) mass is 437 g/mol. The average Bonchev–Trinajstić information content (AvgIpc) is 3.48. The molecule has 6 nitrogen and oxygen atoms in total. The fraction of sp³-hybridized carbons (Fsp3) is 0.174. The molecule has 0 bridgehead atoms. The van der Waals surface area contributed by atoms with Crippen molar-refractivity contribution >= 4 is 5.91 Å². The summed E-state index contributed by atoms with van der Waals surface area (Å²) in [6.45, 7) is 1.05. The van der Waals surface area contributed by atoms with Gasteiger partial charge in [0.05, 0.1) is 23.5 Å². The minimum absolute atomic E-state index is 0.0112. The van der Waals surface area contributed by atoms with Crippen LogP contribution in [0.25, 0.3) is 5.69 Å². The van der Waals surface area contributed by atoms with Crippen molar-refractivity contribution in [2.45, 2.75) is 18.8 Å². The van der Waals surface area contributed by atoms with Gasteiger partial charge in [-0.2, -0.15) is 13.2 Å². The summed E-state index contributed by atoms with van der Waals surface area (Å²) in [5, 5.41) is 7.73. The molecular formula is C23H18F3N5O. The van der Waals surface area contributed by atoms with E-state index in [9.17, 15) is 18.0 Å². The average molecular weight is 437 g/mol. The normalized spacial score (nSPS) is 16.1. The number of amides is 1. The van der Waals surface area contributed by atoms with Crippen molar-refractivity contribution in [2.75, 3.05) is 6.54 Å². The van der Waals surface area contributed by atoms with Gasteiger partial charge < -0.3 is 9.47 Å². The molecule has 1 atom stereocenters. The third kappa shape index (κ3) is 3.45. The van der Waals surface area contributed by atoms with Crippen LogP contribution in [-0.4, -0.2) is 36.9 Å². The summed E-state index contributed by atoms with van der Waals surface area (Å²) in [5.74, 6) is -0.387. The minimum Gasteiger partial charge on any atom is -0.348 e. The lowest BCUT2D eigenvalue weighted by atomic mass is 9.99. The number of hydrogen-bond acceptors (Lipinski definition) is 3. The molecule has 2 aromatic carbocycles. The number of fused-ring (bicyclic) bond motifs is 1. The second-order valence-electron chi connectivity index (χ2n) is 7.50. The second-order valence-corrected chi connectivity index (χ2v) is 7.50. The molecule has 0 saturated heterocycles. The Hall–Kier alpha value is -3.88. The molecule has 162 valence electrons. The maximum atomic E-state index is 13.4. The lowest BCUT2D eigenvalue weighted by Crippen LogP contribution is -2.42. The van der Waals surface area contributed by atoms with E-state index in [2.05, 4.69) is 14.9 Å². The zero-order chi connectivity index (χ0) is 22.3. The number of carbonyl (C=O) groups excluding carboxylic acids is 1. The number of rotatable bonds is 3. The third-order valence-corrected chi connectivity index (χ3v) is 5.58. The number of alkyl halides is 3. The third-order valence-electron chi connectivity index (χ3n) is 5.58. The Morgan fingerprint density at radius 1 is 0.938 bits per heavy atom. The van der Waals surface area contributed by atoms with Crippen LogP contribution in [0.4, 0.5) is 13.2 Å². The van der Waals surface area contributed by atoms with Crippen molar-refractivity contribution in [1.82, 2.24) is 24.5 Å². The van der Waals surface area contributed by atoms with E-state index >= 15 is 0 Å². The van der Waals surface area contributed by atoms with Gasteiger partial charge in [0.15, 0.2) is 5.69 Å². The number of para-hydroxylation sites is 1. The first-order valence-corrected chi connectivity index (χ1v) is 10.0. The quantitative estimate of drug-likeness (QED) is 0.479. The fourth-order valence-corrected chi connectivity index (χ4v) is 4.13. The molecule has 3 heterocycles. The van der Waals surface area contributed by atoms with E-state index in [1.807, 2.05) is 48.7 Å². The largest absolute Gasteiger partial charge is 0.418 e. The molecule has 1 aliphatic heterocycles. The maximum Gasteiger partial charge on any atom is 0.418 e. The van der Waals surface area contributed by atoms with Gasteiger partial charge in [-0.1, -0.05) is 47.7 Å². The molecule has 1 aliphatic rings. The highest BCUT2D eigenvalue weighted by atomic mass is 19.4. The van der Waals surface area contributed by atoms with Gasteiger partial charge in [-0.25, -0.2) is 4.68 Å². The van der Waals surface area contributed by atoms with E-state index in [4.69, 9.17) is 0 Å². The van der Waals surface area contributed by atoms with Crippen LogP contribution < -0.4 is 0 Å². The standard InChI is InChI=1S/C23H18F3N5O/c24-23(25,26)17-9-4-5-10-19(17)31-15-18(27-28-31)22(32)30-14-13-29-12-6-11-20(29)21(30)16-7-2-1-3-8-16/h1-12,15,21H,13-14H2. The van der Waals surface area contributed by atoms with Gasteiger partial charge in [-0.3, -0.25) is 4.79 Å². The first-order valence-electron chi connectivity index (χ1n) is 10.0. The number of aromatic nitrogens is 4. The maximum absolute atomic E-state index is 13.4. The molecule has 0 saturated carbocycles. The van der Waals surface area contributed by atoms with Gasteiger partial charge in [-0.15, -0.1) is 5.10 Å². The molecular weight excluding hydrogens is 419 g/mol. The molecule has 5 rings (SSSR count). The summed E-state index contributed by atoms with van der Waals surface area (Å²) in [5.41, 5.74) is 0.865. The van der Waals surface area contributed by atoms with Crippen molar-refractivity contribution in [2.24, 2.45) is 0 Å². The van der Waals surface area contributed by atoms with Crippen molar-refractivity contribution in [1.29, 1.82) is 0 Å². The van der Waals surface area contributed by atoms with Crippen LogP contribution in [0.15, 0.2) is 79.1 Å². The van der Waals surface area contributed by atoms with E-state index in [0.29, 0.717) is 13.1 Å². The molecule has 1 amide bonds. The smallest absolute Gasteiger partial charge is 0.348 e. The molecule has 0 spiro atoms. The lowest BCUT2D eigenvalue weighted by Gasteiger charge is -2.37. The number of nitrogens with zero attached hydrogens (tertiary/aromatic N) is 5. The lowest BCUT2D eigenvalue weighted by molar-refractivity contribution is -0.137. The molecule has 4 aromatic rings. The minimum atomic E-state index is -4.55. The topological polar surface area (TPSA) is 56.0 Å². The summed E-state index contributed by atoms with van der Waals surface area (Å²) < 4.78 is 43.3. The molecule has 0 aliphatic carbocycles. The van der Waals surface area contributed by atoms with Crippen molar-refractivity contribution in [3.63, 3.8) is 0 Å². The van der Waals surface area contributed by atoms with Crippen LogP contribution in [0, 0.1) is 0 Å². The summed E-state index contributed by atoms with van der Waals surface area (Å²) in [6, 6.07) is 18.2. The van der Waals surface area contributed by atoms with Crippen LogP contribution in [0.3, 0.4) is 0 Å². The van der Waals surface area contributed by atoms with E-state index in [0.717, 1.165) is 22.0 Å². The molecule has 0 N–H and O–H groups in total. The Balaban J connectivity index is 1.51. The van der Waals surface area contributed by atoms with Crippen molar-refractivity contribution in [3.8, 4) is 5.69 Å². The Morgan fingerprint density at radius 2 is 1.69 bits per heavy atom. The predicted molar refractivity (Wildman–Crippen MR) is 110 cm³/mol. The molecule has 1 unspecified atom stereocenters. The predicted octanol–water partition coefficient (Wildman–Crippen LogP) is 4.33. The van der Waals surface area contributed by atoms with Gasteiger partial charge in [0, 0.05) is 25.0 Å². The molecule has 32 heavy (non-hydrogen) atoms.